The highest BCUT2D eigenvalue weighted by molar-refractivity contribution is 5.68. The van der Waals surface area contributed by atoms with Crippen LogP contribution in [0, 0.1) is 0 Å². The maximum absolute atomic E-state index is 10.9. The van der Waals surface area contributed by atoms with Crippen molar-refractivity contribution in [2.75, 3.05) is 7.11 Å². The van der Waals surface area contributed by atoms with Crippen molar-refractivity contribution in [1.29, 1.82) is 0 Å². The monoisotopic (exact) mass is 344 g/mol. The molecule has 0 aromatic heterocycles. The van der Waals surface area contributed by atoms with E-state index in [1.807, 2.05) is 0 Å². The lowest BCUT2D eigenvalue weighted by Gasteiger charge is -2.15. The molecule has 0 unspecified atom stereocenters. The molecular formula is C19H36O5. The van der Waals surface area contributed by atoms with Crippen molar-refractivity contribution in [3.8, 4) is 0 Å². The number of aliphatic hydroxyl groups excluding tert-OH is 3. The fourth-order valence-corrected chi connectivity index (χ4v) is 2.50. The minimum Gasteiger partial charge on any atom is -0.469 e. The van der Waals surface area contributed by atoms with Gasteiger partial charge in [0, 0.05) is 6.42 Å². The maximum Gasteiger partial charge on any atom is 0.305 e. The van der Waals surface area contributed by atoms with Gasteiger partial charge in [-0.25, -0.2) is 0 Å². The molecule has 0 spiro atoms. The van der Waals surface area contributed by atoms with Crippen molar-refractivity contribution >= 4 is 5.97 Å². The van der Waals surface area contributed by atoms with Gasteiger partial charge in [-0.05, 0) is 19.3 Å². The van der Waals surface area contributed by atoms with Crippen molar-refractivity contribution in [3.05, 3.63) is 12.2 Å². The number of rotatable bonds is 15. The number of hydrogen-bond acceptors (Lipinski definition) is 5. The molecular weight excluding hydrogens is 308 g/mol. The molecule has 5 nitrogen and oxygen atoms in total. The number of aliphatic hydroxyl groups is 3. The van der Waals surface area contributed by atoms with Gasteiger partial charge in [-0.2, -0.15) is 0 Å². The van der Waals surface area contributed by atoms with Crippen LogP contribution in [0.5, 0.6) is 0 Å². The summed E-state index contributed by atoms with van der Waals surface area (Å²) < 4.78 is 4.57. The highest BCUT2D eigenvalue weighted by atomic mass is 16.5. The summed E-state index contributed by atoms with van der Waals surface area (Å²) in [6.07, 6.45) is 10.3. The molecule has 3 atom stereocenters. The van der Waals surface area contributed by atoms with E-state index in [4.69, 9.17) is 0 Å². The molecule has 24 heavy (non-hydrogen) atoms. The predicted octanol–water partition coefficient (Wildman–Crippen LogP) is 3.11. The van der Waals surface area contributed by atoms with Gasteiger partial charge in [0.15, 0.2) is 0 Å². The number of carbonyl (C=O) groups excluding carboxylic acids is 1. The van der Waals surface area contributed by atoms with E-state index in [0.717, 1.165) is 51.4 Å². The number of esters is 1. The van der Waals surface area contributed by atoms with Gasteiger partial charge in [-0.3, -0.25) is 4.79 Å². The molecule has 0 aliphatic heterocycles. The zero-order chi connectivity index (χ0) is 18.2. The predicted molar refractivity (Wildman–Crippen MR) is 95.6 cm³/mol. The van der Waals surface area contributed by atoms with Crippen LogP contribution in [0.15, 0.2) is 12.2 Å². The second kappa shape index (κ2) is 15.6. The Morgan fingerprint density at radius 1 is 0.917 bits per heavy atom. The van der Waals surface area contributed by atoms with Gasteiger partial charge in [-0.1, -0.05) is 64.0 Å². The average Bonchev–Trinajstić information content (AvgIpc) is 2.58. The zero-order valence-corrected chi connectivity index (χ0v) is 15.3. The van der Waals surface area contributed by atoms with Crippen molar-refractivity contribution in [2.24, 2.45) is 0 Å². The fraction of sp³-hybridized carbons (Fsp3) is 0.842. The minimum atomic E-state index is -0.915. The maximum atomic E-state index is 10.9. The Balaban J connectivity index is 3.71. The van der Waals surface area contributed by atoms with E-state index in [0.29, 0.717) is 19.3 Å². The van der Waals surface area contributed by atoms with Crippen LogP contribution in [-0.4, -0.2) is 46.7 Å². The molecule has 0 fully saturated rings. The Morgan fingerprint density at radius 2 is 1.54 bits per heavy atom. The average molecular weight is 344 g/mol. The zero-order valence-electron chi connectivity index (χ0n) is 15.3. The quantitative estimate of drug-likeness (QED) is 0.241. The molecule has 0 aliphatic carbocycles. The van der Waals surface area contributed by atoms with Crippen molar-refractivity contribution in [3.63, 3.8) is 0 Å². The molecule has 0 amide bonds. The summed E-state index contributed by atoms with van der Waals surface area (Å²) in [5.41, 5.74) is 0. The lowest BCUT2D eigenvalue weighted by molar-refractivity contribution is -0.140. The number of carbonyl (C=O) groups is 1. The van der Waals surface area contributed by atoms with E-state index in [1.165, 1.54) is 13.2 Å². The van der Waals surface area contributed by atoms with Gasteiger partial charge >= 0.3 is 5.97 Å². The van der Waals surface area contributed by atoms with E-state index in [2.05, 4.69) is 11.7 Å². The first-order valence-corrected chi connectivity index (χ1v) is 9.30. The van der Waals surface area contributed by atoms with E-state index >= 15 is 0 Å². The van der Waals surface area contributed by atoms with E-state index < -0.39 is 18.3 Å². The third-order valence-electron chi connectivity index (χ3n) is 4.14. The fourth-order valence-electron chi connectivity index (χ4n) is 2.50. The van der Waals surface area contributed by atoms with Crippen molar-refractivity contribution in [1.82, 2.24) is 0 Å². The Hall–Kier alpha value is -0.910. The molecule has 0 aliphatic rings. The number of ether oxygens (including phenoxy) is 1. The van der Waals surface area contributed by atoms with Crippen LogP contribution in [0.1, 0.15) is 77.6 Å². The molecule has 0 aromatic rings. The molecule has 5 heteroatoms. The number of methoxy groups -OCH3 is 1. The first kappa shape index (κ1) is 23.1. The molecule has 142 valence electrons. The summed E-state index contributed by atoms with van der Waals surface area (Å²) in [6, 6.07) is 0. The second-order valence-corrected chi connectivity index (χ2v) is 6.39. The third-order valence-corrected chi connectivity index (χ3v) is 4.14. The smallest absolute Gasteiger partial charge is 0.305 e. The number of unbranched alkanes of at least 4 members (excludes halogenated alkanes) is 6. The molecule has 0 saturated heterocycles. The SMILES string of the molecule is CCCCCC[C@H](O)[C@@H](O)C=C[C@H](O)CCCCCCC(=O)OC. The van der Waals surface area contributed by atoms with Crippen molar-refractivity contribution in [2.45, 2.75) is 95.9 Å². The van der Waals surface area contributed by atoms with E-state index in [9.17, 15) is 20.1 Å². The molecule has 0 aromatic carbocycles. The summed E-state index contributed by atoms with van der Waals surface area (Å²) in [5.74, 6) is -0.180. The number of hydrogen-bond donors (Lipinski definition) is 3. The van der Waals surface area contributed by atoms with Gasteiger partial charge in [0.05, 0.1) is 25.4 Å². The normalized spacial score (nSPS) is 15.4. The van der Waals surface area contributed by atoms with Crippen LogP contribution in [0.25, 0.3) is 0 Å². The Morgan fingerprint density at radius 3 is 2.21 bits per heavy atom. The van der Waals surface area contributed by atoms with Crippen LogP contribution >= 0.6 is 0 Å². The van der Waals surface area contributed by atoms with Crippen LogP contribution in [0.4, 0.5) is 0 Å². The Labute approximate surface area is 146 Å². The van der Waals surface area contributed by atoms with Crippen LogP contribution in [0.3, 0.4) is 0 Å². The summed E-state index contributed by atoms with van der Waals surface area (Å²) in [5, 5.41) is 29.6. The summed E-state index contributed by atoms with van der Waals surface area (Å²) >= 11 is 0. The van der Waals surface area contributed by atoms with E-state index in [1.54, 1.807) is 6.08 Å². The van der Waals surface area contributed by atoms with Gasteiger partial charge in [0.1, 0.15) is 0 Å². The molecule has 0 heterocycles. The summed E-state index contributed by atoms with van der Waals surface area (Å²) in [4.78, 5) is 10.9. The standard InChI is InChI=1S/C19H36O5/c1-3-4-5-9-12-17(21)18(22)15-14-16(20)11-8-6-7-10-13-19(23)24-2/h14-18,20-22H,3-13H2,1-2H3/t16-,17+,18+/m1/s1. The highest BCUT2D eigenvalue weighted by Gasteiger charge is 2.13. The lowest BCUT2D eigenvalue weighted by atomic mass is 10.0. The van der Waals surface area contributed by atoms with Gasteiger partial charge < -0.3 is 20.1 Å². The largest absolute Gasteiger partial charge is 0.469 e. The summed E-state index contributed by atoms with van der Waals surface area (Å²) in [7, 11) is 1.39. The van der Waals surface area contributed by atoms with E-state index in [-0.39, 0.29) is 5.97 Å². The first-order valence-electron chi connectivity index (χ1n) is 9.30. The third kappa shape index (κ3) is 13.5. The molecule has 0 bridgehead atoms. The van der Waals surface area contributed by atoms with Gasteiger partial charge in [-0.15, -0.1) is 0 Å². The minimum absolute atomic E-state index is 0.180. The highest BCUT2D eigenvalue weighted by Crippen LogP contribution is 2.11. The first-order chi connectivity index (χ1) is 11.5. The molecule has 0 saturated carbocycles. The van der Waals surface area contributed by atoms with Gasteiger partial charge in [0.25, 0.3) is 0 Å². The van der Waals surface area contributed by atoms with Crippen LogP contribution in [-0.2, 0) is 9.53 Å². The lowest BCUT2D eigenvalue weighted by Crippen LogP contribution is -2.24. The Bertz CT molecular complexity index is 330. The molecule has 0 rings (SSSR count). The topological polar surface area (TPSA) is 87.0 Å². The Kier molecular flexibility index (Phi) is 15.0. The van der Waals surface area contributed by atoms with Crippen LogP contribution < -0.4 is 0 Å². The van der Waals surface area contributed by atoms with Gasteiger partial charge in [0.2, 0.25) is 0 Å². The molecule has 0 radical (unpaired) electrons. The molecule has 3 N–H and O–H groups in total. The van der Waals surface area contributed by atoms with Crippen molar-refractivity contribution < 1.29 is 24.9 Å². The summed E-state index contributed by atoms with van der Waals surface area (Å²) in [6.45, 7) is 2.13. The van der Waals surface area contributed by atoms with Crippen LogP contribution in [0.2, 0.25) is 0 Å². The second-order valence-electron chi connectivity index (χ2n) is 6.39.